The van der Waals surface area contributed by atoms with Crippen molar-refractivity contribution in [1.82, 2.24) is 34.6 Å². The normalized spacial score (nSPS) is 21.0. The van der Waals surface area contributed by atoms with Crippen molar-refractivity contribution in [1.29, 1.82) is 0 Å². The van der Waals surface area contributed by atoms with Crippen LogP contribution in [0.5, 0.6) is 5.75 Å². The van der Waals surface area contributed by atoms with E-state index in [1.165, 1.54) is 24.3 Å². The molecule has 18 nitrogen and oxygen atoms in total. The zero-order chi connectivity index (χ0) is 34.6. The summed E-state index contributed by atoms with van der Waals surface area (Å²) in [5.74, 6) is -0.0217. The van der Waals surface area contributed by atoms with E-state index in [-0.39, 0.29) is 24.7 Å². The number of nitrogens with one attached hydrogen (secondary N) is 2. The lowest BCUT2D eigenvalue weighted by Gasteiger charge is -2.35. The Morgan fingerprint density at radius 1 is 1.17 bits per heavy atom. The molecule has 0 spiro atoms. The largest absolute Gasteiger partial charge is 0.483 e. The van der Waals surface area contributed by atoms with Crippen LogP contribution in [-0.4, -0.2) is 116 Å². The number of fused-ring (bicyclic) bond motifs is 1. The Morgan fingerprint density at radius 2 is 1.90 bits per heavy atom. The molecule has 0 saturated carbocycles. The predicted molar refractivity (Wildman–Crippen MR) is 171 cm³/mol. The Hall–Kier alpha value is -4.90. The van der Waals surface area contributed by atoms with Crippen LogP contribution in [0, 0.1) is 0 Å². The van der Waals surface area contributed by atoms with Gasteiger partial charge in [-0.3, -0.25) is 14.2 Å². The van der Waals surface area contributed by atoms with Crippen molar-refractivity contribution in [2.45, 2.75) is 57.4 Å². The van der Waals surface area contributed by atoms with Crippen molar-refractivity contribution in [3.05, 3.63) is 51.9 Å². The highest BCUT2D eigenvalue weighted by Gasteiger charge is 2.48. The minimum atomic E-state index is -1.37. The third-order valence-electron chi connectivity index (χ3n) is 7.67. The molecule has 3 N–H and O–H groups in total. The number of carbonyl (C=O) groups excluding carboxylic acids is 3. The molecular weight excluding hydrogens is 650 g/mol. The summed E-state index contributed by atoms with van der Waals surface area (Å²) in [5.41, 5.74) is 9.62. The van der Waals surface area contributed by atoms with Gasteiger partial charge in [-0.2, -0.15) is 0 Å². The molecule has 2 aliphatic heterocycles. The van der Waals surface area contributed by atoms with Crippen molar-refractivity contribution in [3.8, 4) is 5.75 Å². The number of anilines is 1. The second-order valence-electron chi connectivity index (χ2n) is 12.0. The van der Waals surface area contributed by atoms with Crippen molar-refractivity contribution >= 4 is 46.5 Å². The Kier molecular flexibility index (Phi) is 10.4. The second-order valence-corrected chi connectivity index (χ2v) is 12.5. The van der Waals surface area contributed by atoms with E-state index < -0.39 is 42.1 Å². The summed E-state index contributed by atoms with van der Waals surface area (Å²) in [7, 11) is 1.40. The molecule has 2 aromatic heterocycles. The molecule has 0 radical (unpaired) electrons. The van der Waals surface area contributed by atoms with Gasteiger partial charge in [-0.15, -0.1) is 0 Å². The van der Waals surface area contributed by atoms with Gasteiger partial charge in [0.15, 0.2) is 29.8 Å². The number of likely N-dealkylation sites (N-methyl/N-ethyl adjacent to an activating group) is 1. The van der Waals surface area contributed by atoms with Gasteiger partial charge in [0.25, 0.3) is 5.91 Å². The molecule has 2 aliphatic rings. The molecule has 256 valence electrons. The SMILES string of the molecule is CNC(=O)[C@H]1O[C@@H](n2cnc3c(NCc4cc(Cl)ccc4OCC(=O)N4CCN(C(=O)OC(C)(C)C)CC4)ncnc32)[C@H](O)[C@@H]1N=[N+]=[N-]. The molecule has 19 heteroatoms. The first-order valence-corrected chi connectivity index (χ1v) is 15.5. The predicted octanol–water partition coefficient (Wildman–Crippen LogP) is 2.23. The monoisotopic (exact) mass is 685 g/mol. The average molecular weight is 686 g/mol. The number of piperazine rings is 1. The van der Waals surface area contributed by atoms with E-state index in [9.17, 15) is 19.5 Å². The maximum atomic E-state index is 13.0. The molecule has 2 fully saturated rings. The Morgan fingerprint density at radius 3 is 2.58 bits per heavy atom. The fraction of sp³-hybridized carbons (Fsp3) is 0.517. The molecular formula is C29H36ClN11O7. The molecule has 5 rings (SSSR count). The number of ether oxygens (including phenoxy) is 3. The lowest BCUT2D eigenvalue weighted by Crippen LogP contribution is -2.52. The smallest absolute Gasteiger partial charge is 0.410 e. The van der Waals surface area contributed by atoms with Crippen molar-refractivity contribution in [3.63, 3.8) is 0 Å². The summed E-state index contributed by atoms with van der Waals surface area (Å²) in [6.45, 7) is 6.79. The Bertz CT molecular complexity index is 1720. The quantitative estimate of drug-likeness (QED) is 0.168. The number of amides is 3. The van der Waals surface area contributed by atoms with E-state index >= 15 is 0 Å². The number of aromatic nitrogens is 4. The molecule has 48 heavy (non-hydrogen) atoms. The summed E-state index contributed by atoms with van der Waals surface area (Å²) >= 11 is 6.29. The second kappa shape index (κ2) is 14.5. The fourth-order valence-corrected chi connectivity index (χ4v) is 5.50. The van der Waals surface area contributed by atoms with Crippen molar-refractivity contribution in [2.75, 3.05) is 45.2 Å². The third kappa shape index (κ3) is 7.62. The average Bonchev–Trinajstić information content (AvgIpc) is 3.63. The standard InChI is InChI=1S/C29H36ClN11O7/c1-29(2,3)48-28(45)40-9-7-39(8-10-40)19(42)13-46-18-6-5-17(30)11-16(18)12-33-24-21-25(35-14-34-24)41(15-36-21)27-22(43)20(37-38-31)23(47-27)26(44)32-4/h5-6,11,14-15,20,22-23,27,43H,7-10,12-13H2,1-4H3,(H,32,44)(H,33,34,35)/t20-,22+,23-,27+/m0/s1. The number of imidazole rings is 1. The maximum absolute atomic E-state index is 13.0. The van der Waals surface area contributed by atoms with Gasteiger partial charge >= 0.3 is 6.09 Å². The van der Waals surface area contributed by atoms with E-state index in [0.29, 0.717) is 53.8 Å². The van der Waals surface area contributed by atoms with Crippen LogP contribution in [-0.2, 0) is 25.6 Å². The maximum Gasteiger partial charge on any atom is 0.410 e. The van der Waals surface area contributed by atoms with E-state index in [4.69, 9.17) is 31.3 Å². The summed E-state index contributed by atoms with van der Waals surface area (Å²) in [6.07, 6.45) is -1.45. The van der Waals surface area contributed by atoms with E-state index in [2.05, 4.69) is 35.6 Å². The lowest BCUT2D eigenvalue weighted by atomic mass is 10.1. The van der Waals surface area contributed by atoms with Gasteiger partial charge in [-0.05, 0) is 44.5 Å². The zero-order valence-electron chi connectivity index (χ0n) is 26.7. The summed E-state index contributed by atoms with van der Waals surface area (Å²) in [4.78, 5) is 56.6. The molecule has 0 aliphatic carbocycles. The Labute approximate surface area is 279 Å². The first-order chi connectivity index (χ1) is 22.9. The van der Waals surface area contributed by atoms with Crippen LogP contribution < -0.4 is 15.4 Å². The molecule has 0 bridgehead atoms. The van der Waals surface area contributed by atoms with Gasteiger partial charge in [0.05, 0.1) is 6.33 Å². The minimum absolute atomic E-state index is 0.178. The highest BCUT2D eigenvalue weighted by molar-refractivity contribution is 6.30. The van der Waals surface area contributed by atoms with E-state index in [1.807, 2.05) is 0 Å². The molecule has 1 aromatic carbocycles. The van der Waals surface area contributed by atoms with Crippen LogP contribution >= 0.6 is 11.6 Å². The van der Waals surface area contributed by atoms with Crippen LogP contribution in [0.15, 0.2) is 36.0 Å². The van der Waals surface area contributed by atoms with Gasteiger partial charge < -0.3 is 39.8 Å². The topological polar surface area (TPSA) is 222 Å². The number of nitrogens with zero attached hydrogens (tertiary/aromatic N) is 9. The number of halogens is 1. The van der Waals surface area contributed by atoms with Crippen LogP contribution in [0.2, 0.25) is 5.02 Å². The van der Waals surface area contributed by atoms with Gasteiger partial charge in [-0.1, -0.05) is 16.7 Å². The molecule has 2 saturated heterocycles. The van der Waals surface area contributed by atoms with E-state index in [0.717, 1.165) is 0 Å². The molecule has 3 amide bonds. The van der Waals surface area contributed by atoms with Crippen LogP contribution in [0.1, 0.15) is 32.6 Å². The van der Waals surface area contributed by atoms with Crippen molar-refractivity contribution in [2.24, 2.45) is 5.11 Å². The Balaban J connectivity index is 1.24. The first kappa shape index (κ1) is 34.4. The lowest BCUT2D eigenvalue weighted by molar-refractivity contribution is -0.135. The molecule has 0 unspecified atom stereocenters. The minimum Gasteiger partial charge on any atom is -0.483 e. The number of carbonyl (C=O) groups is 3. The van der Waals surface area contributed by atoms with Gasteiger partial charge in [0.1, 0.15) is 35.9 Å². The highest BCUT2D eigenvalue weighted by atomic mass is 35.5. The van der Waals surface area contributed by atoms with Crippen LogP contribution in [0.4, 0.5) is 10.6 Å². The van der Waals surface area contributed by atoms with E-state index in [1.54, 1.807) is 48.8 Å². The summed E-state index contributed by atoms with van der Waals surface area (Å²) < 4.78 is 18.6. The highest BCUT2D eigenvalue weighted by Crippen LogP contribution is 2.34. The first-order valence-electron chi connectivity index (χ1n) is 15.1. The van der Waals surface area contributed by atoms with Gasteiger partial charge in [0.2, 0.25) is 5.91 Å². The molecule has 3 aromatic rings. The third-order valence-corrected chi connectivity index (χ3v) is 7.90. The van der Waals surface area contributed by atoms with Crippen LogP contribution in [0.3, 0.4) is 0 Å². The summed E-state index contributed by atoms with van der Waals surface area (Å²) in [6, 6.07) is 3.84. The zero-order valence-corrected chi connectivity index (χ0v) is 27.5. The van der Waals surface area contributed by atoms with Gasteiger partial charge in [0, 0.05) is 55.3 Å². The number of rotatable bonds is 9. The van der Waals surface area contributed by atoms with Crippen molar-refractivity contribution < 1.29 is 33.7 Å². The number of azide groups is 1. The molecule has 4 heterocycles. The number of aliphatic hydroxyl groups is 1. The number of aliphatic hydroxyl groups excluding tert-OH is 1. The number of hydrogen-bond donors (Lipinski definition) is 3. The van der Waals surface area contributed by atoms with Gasteiger partial charge in [-0.25, -0.2) is 19.7 Å². The summed E-state index contributed by atoms with van der Waals surface area (Å²) in [5, 5.41) is 20.5. The number of benzene rings is 1. The van der Waals surface area contributed by atoms with Crippen LogP contribution in [0.25, 0.3) is 21.6 Å². The fourth-order valence-electron chi connectivity index (χ4n) is 5.31. The number of hydrogen-bond acceptors (Lipinski definition) is 12. The molecule has 4 atom stereocenters.